The zero-order valence-corrected chi connectivity index (χ0v) is 11.8. The molecule has 100 valence electrons. The van der Waals surface area contributed by atoms with E-state index in [-0.39, 0.29) is 5.54 Å². The van der Waals surface area contributed by atoms with Gasteiger partial charge in [0, 0.05) is 18.1 Å². The van der Waals surface area contributed by atoms with Gasteiger partial charge < -0.3 is 5.73 Å². The molecule has 2 heteroatoms. The summed E-state index contributed by atoms with van der Waals surface area (Å²) < 4.78 is 0. The highest BCUT2D eigenvalue weighted by atomic mass is 15.2. The lowest BCUT2D eigenvalue weighted by atomic mass is 9.90. The molecule has 2 fully saturated rings. The molecule has 2 N–H and O–H groups in total. The Labute approximate surface area is 107 Å². The van der Waals surface area contributed by atoms with Crippen LogP contribution in [-0.2, 0) is 0 Å². The zero-order chi connectivity index (χ0) is 12.3. The first-order valence-electron chi connectivity index (χ1n) is 7.59. The summed E-state index contributed by atoms with van der Waals surface area (Å²) in [6.07, 6.45) is 12.7. The molecule has 0 radical (unpaired) electrons. The van der Waals surface area contributed by atoms with Crippen LogP contribution in [0.25, 0.3) is 0 Å². The molecule has 0 aromatic rings. The molecule has 0 spiro atoms. The van der Waals surface area contributed by atoms with Crippen LogP contribution in [0.3, 0.4) is 0 Å². The van der Waals surface area contributed by atoms with Crippen molar-refractivity contribution in [2.45, 2.75) is 76.3 Å². The molecular formula is C15H30N2. The highest BCUT2D eigenvalue weighted by Gasteiger charge is 2.37. The van der Waals surface area contributed by atoms with Crippen molar-refractivity contribution in [3.05, 3.63) is 0 Å². The van der Waals surface area contributed by atoms with E-state index in [0.717, 1.165) is 18.5 Å². The molecule has 2 aliphatic carbocycles. The van der Waals surface area contributed by atoms with E-state index in [1.165, 1.54) is 57.8 Å². The summed E-state index contributed by atoms with van der Waals surface area (Å²) in [5.41, 5.74) is 6.33. The van der Waals surface area contributed by atoms with Crippen LogP contribution in [-0.4, -0.2) is 30.1 Å². The Morgan fingerprint density at radius 1 is 1.06 bits per heavy atom. The zero-order valence-electron chi connectivity index (χ0n) is 11.8. The minimum absolute atomic E-state index is 0.246. The second kappa shape index (κ2) is 5.71. The van der Waals surface area contributed by atoms with Gasteiger partial charge in [-0.1, -0.05) is 38.5 Å². The summed E-state index contributed by atoms with van der Waals surface area (Å²) in [5, 5.41) is 0. The van der Waals surface area contributed by atoms with Gasteiger partial charge in [-0.05, 0) is 39.2 Å². The van der Waals surface area contributed by atoms with E-state index in [1.807, 2.05) is 0 Å². The van der Waals surface area contributed by atoms with Gasteiger partial charge in [0.2, 0.25) is 0 Å². The van der Waals surface area contributed by atoms with Gasteiger partial charge in [0.15, 0.2) is 0 Å². The molecular weight excluding hydrogens is 208 g/mol. The molecule has 0 aliphatic heterocycles. The average Bonchev–Trinajstić information content (AvgIpc) is 3.13. The van der Waals surface area contributed by atoms with Crippen molar-refractivity contribution >= 4 is 0 Å². The fourth-order valence-corrected chi connectivity index (χ4v) is 3.40. The summed E-state index contributed by atoms with van der Waals surface area (Å²) in [6, 6.07) is 0.782. The van der Waals surface area contributed by atoms with Crippen molar-refractivity contribution < 1.29 is 0 Å². The molecule has 2 saturated carbocycles. The number of hydrogen-bond acceptors (Lipinski definition) is 2. The van der Waals surface area contributed by atoms with E-state index in [0.29, 0.717) is 0 Å². The number of rotatable bonds is 5. The van der Waals surface area contributed by atoms with E-state index in [1.54, 1.807) is 0 Å². The van der Waals surface area contributed by atoms with Crippen molar-refractivity contribution in [3.8, 4) is 0 Å². The van der Waals surface area contributed by atoms with Crippen LogP contribution in [0.2, 0.25) is 0 Å². The second-order valence-electron chi connectivity index (χ2n) is 6.60. The van der Waals surface area contributed by atoms with Crippen LogP contribution in [0.4, 0.5) is 0 Å². The number of hydrogen-bond donors (Lipinski definition) is 1. The Kier molecular flexibility index (Phi) is 4.48. The Morgan fingerprint density at radius 2 is 1.65 bits per heavy atom. The molecule has 2 nitrogen and oxygen atoms in total. The van der Waals surface area contributed by atoms with E-state index < -0.39 is 0 Å². The molecule has 1 atom stereocenters. The maximum absolute atomic E-state index is 6.09. The van der Waals surface area contributed by atoms with Gasteiger partial charge >= 0.3 is 0 Å². The van der Waals surface area contributed by atoms with Gasteiger partial charge in [-0.15, -0.1) is 0 Å². The van der Waals surface area contributed by atoms with E-state index in [9.17, 15) is 0 Å². The standard InChI is InChI=1S/C15H30N2/c1-15(12-16,11-13-9-10-13)17(2)14-7-5-3-4-6-8-14/h13-14H,3-12,16H2,1-2H3. The number of nitrogens with two attached hydrogens (primary N) is 1. The highest BCUT2D eigenvalue weighted by molar-refractivity contribution is 4.94. The Morgan fingerprint density at radius 3 is 2.12 bits per heavy atom. The topological polar surface area (TPSA) is 29.3 Å². The molecule has 2 aliphatic rings. The van der Waals surface area contributed by atoms with Crippen molar-refractivity contribution in [1.29, 1.82) is 0 Å². The van der Waals surface area contributed by atoms with Crippen LogP contribution in [0.5, 0.6) is 0 Å². The first-order valence-corrected chi connectivity index (χ1v) is 7.59. The third kappa shape index (κ3) is 3.45. The minimum Gasteiger partial charge on any atom is -0.329 e. The number of likely N-dealkylation sites (N-methyl/N-ethyl adjacent to an activating group) is 1. The van der Waals surface area contributed by atoms with Crippen molar-refractivity contribution in [2.24, 2.45) is 11.7 Å². The SMILES string of the molecule is CN(C1CCCCCC1)C(C)(CN)CC1CC1. The molecule has 0 amide bonds. The molecule has 1 unspecified atom stereocenters. The van der Waals surface area contributed by atoms with Crippen LogP contribution < -0.4 is 5.73 Å². The summed E-state index contributed by atoms with van der Waals surface area (Å²) >= 11 is 0. The van der Waals surface area contributed by atoms with Gasteiger partial charge in [-0.2, -0.15) is 0 Å². The monoisotopic (exact) mass is 238 g/mol. The second-order valence-corrected chi connectivity index (χ2v) is 6.60. The van der Waals surface area contributed by atoms with Crippen molar-refractivity contribution in [3.63, 3.8) is 0 Å². The average molecular weight is 238 g/mol. The summed E-state index contributed by atoms with van der Waals surface area (Å²) in [7, 11) is 2.32. The highest BCUT2D eigenvalue weighted by Crippen LogP contribution is 2.39. The van der Waals surface area contributed by atoms with Crippen LogP contribution in [0, 0.1) is 5.92 Å². The fraction of sp³-hybridized carbons (Fsp3) is 1.00. The van der Waals surface area contributed by atoms with E-state index in [2.05, 4.69) is 18.9 Å². The maximum Gasteiger partial charge on any atom is 0.0306 e. The largest absolute Gasteiger partial charge is 0.329 e. The molecule has 17 heavy (non-hydrogen) atoms. The molecule has 2 rings (SSSR count). The normalized spacial score (nSPS) is 26.8. The summed E-state index contributed by atoms with van der Waals surface area (Å²) in [4.78, 5) is 2.64. The van der Waals surface area contributed by atoms with Gasteiger partial charge in [-0.25, -0.2) is 0 Å². The third-order valence-electron chi connectivity index (χ3n) is 5.09. The lowest BCUT2D eigenvalue weighted by Gasteiger charge is -2.43. The van der Waals surface area contributed by atoms with Gasteiger partial charge in [-0.3, -0.25) is 4.90 Å². The molecule has 0 bridgehead atoms. The maximum atomic E-state index is 6.09. The van der Waals surface area contributed by atoms with Crippen LogP contribution in [0.1, 0.15) is 64.7 Å². The molecule has 0 saturated heterocycles. The Hall–Kier alpha value is -0.0800. The van der Waals surface area contributed by atoms with Crippen LogP contribution in [0.15, 0.2) is 0 Å². The quantitative estimate of drug-likeness (QED) is 0.746. The van der Waals surface area contributed by atoms with Gasteiger partial charge in [0.25, 0.3) is 0 Å². The van der Waals surface area contributed by atoms with E-state index >= 15 is 0 Å². The van der Waals surface area contributed by atoms with Gasteiger partial charge in [0.05, 0.1) is 0 Å². The smallest absolute Gasteiger partial charge is 0.0306 e. The molecule has 0 aromatic carbocycles. The summed E-state index contributed by atoms with van der Waals surface area (Å²) in [5.74, 6) is 0.969. The van der Waals surface area contributed by atoms with Crippen molar-refractivity contribution in [2.75, 3.05) is 13.6 Å². The Bertz CT molecular complexity index is 229. The lowest BCUT2D eigenvalue weighted by molar-refractivity contribution is 0.0708. The Balaban J connectivity index is 1.95. The molecule has 0 aromatic heterocycles. The molecule has 0 heterocycles. The number of nitrogens with zero attached hydrogens (tertiary/aromatic N) is 1. The predicted octanol–water partition coefficient (Wildman–Crippen LogP) is 3.16. The predicted molar refractivity (Wildman–Crippen MR) is 74.1 cm³/mol. The summed E-state index contributed by atoms with van der Waals surface area (Å²) in [6.45, 7) is 3.20. The lowest BCUT2D eigenvalue weighted by Crippen LogP contribution is -2.54. The van der Waals surface area contributed by atoms with Gasteiger partial charge in [0.1, 0.15) is 0 Å². The van der Waals surface area contributed by atoms with Crippen molar-refractivity contribution in [1.82, 2.24) is 4.90 Å². The fourth-order valence-electron chi connectivity index (χ4n) is 3.40. The first-order chi connectivity index (χ1) is 8.15. The first kappa shape index (κ1) is 13.4. The minimum atomic E-state index is 0.246. The van der Waals surface area contributed by atoms with E-state index in [4.69, 9.17) is 5.73 Å². The third-order valence-corrected chi connectivity index (χ3v) is 5.09. The van der Waals surface area contributed by atoms with Crippen LogP contribution >= 0.6 is 0 Å².